The maximum absolute atomic E-state index is 6.07. The standard InChI is InChI=1S/C11H8Br2ClN3O/c1-18-10-7(13)5-15-11(17-10)16-9-4-6(12)2-3-8(9)14/h2-5H,1H3,(H,15,16,17). The van der Waals surface area contributed by atoms with Crippen LogP contribution < -0.4 is 10.1 Å². The normalized spacial score (nSPS) is 10.2. The lowest BCUT2D eigenvalue weighted by Gasteiger charge is -2.09. The molecular weight excluding hydrogens is 385 g/mol. The van der Waals surface area contributed by atoms with Crippen LogP contribution in [0.1, 0.15) is 0 Å². The summed E-state index contributed by atoms with van der Waals surface area (Å²) in [6.07, 6.45) is 1.61. The number of halogens is 3. The van der Waals surface area contributed by atoms with Crippen LogP contribution in [0.25, 0.3) is 0 Å². The largest absolute Gasteiger partial charge is 0.480 e. The molecule has 0 aliphatic heterocycles. The van der Waals surface area contributed by atoms with Gasteiger partial charge in [0.1, 0.15) is 0 Å². The average Bonchev–Trinajstić information content (AvgIpc) is 2.36. The molecule has 0 aliphatic rings. The zero-order valence-electron chi connectivity index (χ0n) is 9.25. The topological polar surface area (TPSA) is 47.0 Å². The molecule has 1 aromatic heterocycles. The Morgan fingerprint density at radius 1 is 1.33 bits per heavy atom. The molecule has 1 heterocycles. The molecule has 1 N–H and O–H groups in total. The van der Waals surface area contributed by atoms with Gasteiger partial charge in [0.2, 0.25) is 11.8 Å². The predicted molar refractivity (Wildman–Crippen MR) is 78.7 cm³/mol. The van der Waals surface area contributed by atoms with E-state index in [2.05, 4.69) is 47.1 Å². The Labute approximate surface area is 126 Å². The first-order chi connectivity index (χ1) is 8.60. The van der Waals surface area contributed by atoms with Gasteiger partial charge in [0.15, 0.2) is 0 Å². The van der Waals surface area contributed by atoms with E-state index in [1.807, 2.05) is 12.1 Å². The van der Waals surface area contributed by atoms with Crippen LogP contribution in [0.3, 0.4) is 0 Å². The number of benzene rings is 1. The molecule has 0 amide bonds. The summed E-state index contributed by atoms with van der Waals surface area (Å²) in [6, 6.07) is 5.49. The van der Waals surface area contributed by atoms with Gasteiger partial charge in [0, 0.05) is 4.47 Å². The van der Waals surface area contributed by atoms with Gasteiger partial charge in [-0.3, -0.25) is 0 Å². The molecule has 18 heavy (non-hydrogen) atoms. The second-order valence-corrected chi connectivity index (χ2v) is 5.48. The highest BCUT2D eigenvalue weighted by Crippen LogP contribution is 2.29. The Bertz CT molecular complexity index is 580. The minimum absolute atomic E-state index is 0.412. The first-order valence-electron chi connectivity index (χ1n) is 4.89. The number of nitrogens with zero attached hydrogens (tertiary/aromatic N) is 2. The van der Waals surface area contributed by atoms with Crippen molar-refractivity contribution in [2.24, 2.45) is 0 Å². The number of hydrogen-bond acceptors (Lipinski definition) is 4. The number of anilines is 2. The minimum atomic E-state index is 0.412. The molecule has 4 nitrogen and oxygen atoms in total. The number of hydrogen-bond donors (Lipinski definition) is 1. The van der Waals surface area contributed by atoms with Gasteiger partial charge in [-0.2, -0.15) is 4.98 Å². The molecule has 0 spiro atoms. The summed E-state index contributed by atoms with van der Waals surface area (Å²) in [5.74, 6) is 0.869. The molecule has 2 aromatic rings. The molecule has 1 aromatic carbocycles. The Kier molecular flexibility index (Phi) is 4.42. The summed E-state index contributed by atoms with van der Waals surface area (Å²) in [5.41, 5.74) is 0.718. The van der Waals surface area contributed by atoms with E-state index in [4.69, 9.17) is 16.3 Å². The van der Waals surface area contributed by atoms with Gasteiger partial charge in [-0.05, 0) is 34.1 Å². The van der Waals surface area contributed by atoms with Crippen LogP contribution in [0.15, 0.2) is 33.3 Å². The molecule has 0 saturated heterocycles. The van der Waals surface area contributed by atoms with Crippen molar-refractivity contribution in [1.29, 1.82) is 0 Å². The smallest absolute Gasteiger partial charge is 0.232 e. The third-order valence-electron chi connectivity index (χ3n) is 2.08. The van der Waals surface area contributed by atoms with Crippen LogP contribution in [0, 0.1) is 0 Å². The number of aromatic nitrogens is 2. The van der Waals surface area contributed by atoms with Gasteiger partial charge < -0.3 is 10.1 Å². The molecule has 0 fully saturated rings. The van der Waals surface area contributed by atoms with E-state index in [-0.39, 0.29) is 0 Å². The summed E-state index contributed by atoms with van der Waals surface area (Å²) in [6.45, 7) is 0. The molecular formula is C11H8Br2ClN3O. The summed E-state index contributed by atoms with van der Waals surface area (Å²) >= 11 is 12.7. The number of nitrogens with one attached hydrogen (secondary N) is 1. The third-order valence-corrected chi connectivity index (χ3v) is 3.45. The molecule has 0 radical (unpaired) electrons. The van der Waals surface area contributed by atoms with Gasteiger partial charge in [-0.15, -0.1) is 0 Å². The fourth-order valence-corrected chi connectivity index (χ4v) is 2.15. The van der Waals surface area contributed by atoms with E-state index in [0.717, 1.165) is 10.2 Å². The Hall–Kier alpha value is -0.850. The van der Waals surface area contributed by atoms with Gasteiger partial charge in [0.25, 0.3) is 0 Å². The molecule has 2 rings (SSSR count). The van der Waals surface area contributed by atoms with Crippen LogP contribution in [0.5, 0.6) is 5.88 Å². The van der Waals surface area contributed by atoms with Crippen molar-refractivity contribution in [2.45, 2.75) is 0 Å². The molecule has 0 aliphatic carbocycles. The summed E-state index contributed by atoms with van der Waals surface area (Å²) < 4.78 is 6.70. The van der Waals surface area contributed by atoms with E-state index in [1.54, 1.807) is 19.4 Å². The Morgan fingerprint density at radius 2 is 2.11 bits per heavy atom. The van der Waals surface area contributed by atoms with Gasteiger partial charge in [-0.25, -0.2) is 4.98 Å². The van der Waals surface area contributed by atoms with Gasteiger partial charge in [0.05, 0.1) is 28.5 Å². The highest BCUT2D eigenvalue weighted by molar-refractivity contribution is 9.10. The zero-order chi connectivity index (χ0) is 13.1. The second-order valence-electron chi connectivity index (χ2n) is 3.30. The van der Waals surface area contributed by atoms with Crippen molar-refractivity contribution in [3.63, 3.8) is 0 Å². The van der Waals surface area contributed by atoms with E-state index in [9.17, 15) is 0 Å². The molecule has 94 valence electrons. The molecule has 0 unspecified atom stereocenters. The van der Waals surface area contributed by atoms with Gasteiger partial charge in [-0.1, -0.05) is 27.5 Å². The highest BCUT2D eigenvalue weighted by atomic mass is 79.9. The first-order valence-corrected chi connectivity index (χ1v) is 6.85. The van der Waals surface area contributed by atoms with Crippen LogP contribution in [0.4, 0.5) is 11.6 Å². The lowest BCUT2D eigenvalue weighted by Crippen LogP contribution is -1.99. The van der Waals surface area contributed by atoms with E-state index in [1.165, 1.54) is 0 Å². The van der Waals surface area contributed by atoms with Crippen molar-refractivity contribution in [3.8, 4) is 5.88 Å². The monoisotopic (exact) mass is 391 g/mol. The Balaban J connectivity index is 2.31. The van der Waals surface area contributed by atoms with Crippen LogP contribution >= 0.6 is 43.5 Å². The van der Waals surface area contributed by atoms with E-state index >= 15 is 0 Å². The maximum Gasteiger partial charge on any atom is 0.232 e. The summed E-state index contributed by atoms with van der Waals surface area (Å²) in [4.78, 5) is 8.32. The van der Waals surface area contributed by atoms with Crippen molar-refractivity contribution in [3.05, 3.63) is 38.4 Å². The predicted octanol–water partition coefficient (Wildman–Crippen LogP) is 4.41. The molecule has 0 saturated carbocycles. The lowest BCUT2D eigenvalue weighted by atomic mass is 10.3. The lowest BCUT2D eigenvalue weighted by molar-refractivity contribution is 0.394. The SMILES string of the molecule is COc1nc(Nc2cc(Br)ccc2Cl)ncc1Br. The van der Waals surface area contributed by atoms with Crippen LogP contribution in [-0.4, -0.2) is 17.1 Å². The number of rotatable bonds is 3. The zero-order valence-corrected chi connectivity index (χ0v) is 13.2. The first kappa shape index (κ1) is 13.6. The third kappa shape index (κ3) is 3.13. The minimum Gasteiger partial charge on any atom is -0.480 e. The summed E-state index contributed by atoms with van der Waals surface area (Å²) in [7, 11) is 1.54. The molecule has 0 bridgehead atoms. The van der Waals surface area contributed by atoms with E-state index < -0.39 is 0 Å². The van der Waals surface area contributed by atoms with Gasteiger partial charge >= 0.3 is 0 Å². The fourth-order valence-electron chi connectivity index (χ4n) is 1.27. The number of ether oxygens (including phenoxy) is 1. The fraction of sp³-hybridized carbons (Fsp3) is 0.0909. The number of methoxy groups -OCH3 is 1. The Morgan fingerprint density at radius 3 is 2.83 bits per heavy atom. The van der Waals surface area contributed by atoms with Crippen molar-refractivity contribution in [2.75, 3.05) is 12.4 Å². The molecule has 7 heteroatoms. The highest BCUT2D eigenvalue weighted by Gasteiger charge is 2.07. The van der Waals surface area contributed by atoms with Crippen LogP contribution in [0.2, 0.25) is 5.02 Å². The average molecular weight is 393 g/mol. The molecule has 0 atom stereocenters. The van der Waals surface area contributed by atoms with Crippen LogP contribution in [-0.2, 0) is 0 Å². The maximum atomic E-state index is 6.07. The van der Waals surface area contributed by atoms with Crippen molar-refractivity contribution in [1.82, 2.24) is 9.97 Å². The quantitative estimate of drug-likeness (QED) is 0.839. The summed E-state index contributed by atoms with van der Waals surface area (Å²) in [5, 5.41) is 3.62. The van der Waals surface area contributed by atoms with E-state index in [0.29, 0.717) is 21.3 Å². The second kappa shape index (κ2) is 5.86. The van der Waals surface area contributed by atoms with Crippen molar-refractivity contribution >= 4 is 55.1 Å². The van der Waals surface area contributed by atoms with Crippen molar-refractivity contribution < 1.29 is 4.74 Å².